The number of nitriles is 1. The van der Waals surface area contributed by atoms with Gasteiger partial charge in [-0.25, -0.2) is 0 Å². The molecule has 2 aromatic carbocycles. The monoisotopic (exact) mass is 628 g/mol. The zero-order chi connectivity index (χ0) is 31.4. The number of carbonyl (C=O) groups is 1. The Kier molecular flexibility index (Phi) is 9.77. The fourth-order valence-electron chi connectivity index (χ4n) is 5.99. The van der Waals surface area contributed by atoms with Gasteiger partial charge >= 0.3 is 0 Å². The third-order valence-corrected chi connectivity index (χ3v) is 9.85. The lowest BCUT2D eigenvalue weighted by Crippen LogP contribution is -2.39. The number of hydrogen-bond donors (Lipinski definition) is 0. The first kappa shape index (κ1) is 31.4. The van der Waals surface area contributed by atoms with Crippen molar-refractivity contribution in [3.63, 3.8) is 0 Å². The van der Waals surface area contributed by atoms with Crippen LogP contribution in [0.4, 0.5) is 5.82 Å². The standard InChI is InChI=1S/C34H36N4O4S2/c1-22-26(20-30-33(40)38(34(43)44-30)17-14-24-10-11-28(41-3)29(19-24)42-4)31(36(2)32(39)27(22)21-35)37-15-12-25(13-16-37)18-23-8-6-5-7-9-23/h5-11,19-20,25H,12-18H2,1-4H3. The van der Waals surface area contributed by atoms with Crippen molar-refractivity contribution in [3.05, 3.63) is 91.6 Å². The van der Waals surface area contributed by atoms with Crippen LogP contribution < -0.4 is 19.9 Å². The Morgan fingerprint density at radius 3 is 2.41 bits per heavy atom. The van der Waals surface area contributed by atoms with Gasteiger partial charge in [-0.15, -0.1) is 0 Å². The van der Waals surface area contributed by atoms with Gasteiger partial charge in [0.2, 0.25) is 0 Å². The first-order valence-corrected chi connectivity index (χ1v) is 15.9. The maximum atomic E-state index is 13.6. The van der Waals surface area contributed by atoms with Crippen molar-refractivity contribution in [1.29, 1.82) is 5.26 Å². The Hall–Kier alpha value is -4.07. The van der Waals surface area contributed by atoms with Gasteiger partial charge in [0.05, 0.1) is 19.1 Å². The molecule has 0 bridgehead atoms. The third-order valence-electron chi connectivity index (χ3n) is 8.47. The van der Waals surface area contributed by atoms with E-state index in [4.69, 9.17) is 21.7 Å². The van der Waals surface area contributed by atoms with Crippen LogP contribution in [0.25, 0.3) is 6.08 Å². The largest absolute Gasteiger partial charge is 0.493 e. The highest BCUT2D eigenvalue weighted by atomic mass is 32.2. The summed E-state index contributed by atoms with van der Waals surface area (Å²) in [7, 11) is 4.89. The lowest BCUT2D eigenvalue weighted by atomic mass is 9.90. The number of methoxy groups -OCH3 is 2. The highest BCUT2D eigenvalue weighted by molar-refractivity contribution is 8.26. The molecule has 2 aliphatic heterocycles. The van der Waals surface area contributed by atoms with Gasteiger partial charge in [-0.05, 0) is 73.4 Å². The molecule has 2 fully saturated rings. The first-order valence-electron chi connectivity index (χ1n) is 14.6. The van der Waals surface area contributed by atoms with Crippen molar-refractivity contribution >= 4 is 46.1 Å². The minimum atomic E-state index is -0.328. The van der Waals surface area contributed by atoms with Crippen LogP contribution in [0.5, 0.6) is 11.5 Å². The third kappa shape index (κ3) is 6.40. The molecule has 2 saturated heterocycles. The van der Waals surface area contributed by atoms with Crippen molar-refractivity contribution in [2.24, 2.45) is 13.0 Å². The SMILES string of the molecule is COc1ccc(CCN2C(=O)C(=Cc3c(C)c(C#N)c(=O)n(C)c3N3CCC(Cc4ccccc4)CC3)SC2=S)cc1OC. The summed E-state index contributed by atoms with van der Waals surface area (Å²) in [6.45, 7) is 3.76. The number of pyridine rings is 1. The van der Waals surface area contributed by atoms with E-state index in [9.17, 15) is 14.9 Å². The van der Waals surface area contributed by atoms with E-state index in [2.05, 4.69) is 35.2 Å². The number of aromatic nitrogens is 1. The maximum absolute atomic E-state index is 13.6. The molecule has 44 heavy (non-hydrogen) atoms. The van der Waals surface area contributed by atoms with E-state index in [0.717, 1.165) is 43.7 Å². The maximum Gasteiger partial charge on any atom is 0.270 e. The van der Waals surface area contributed by atoms with Crippen molar-refractivity contribution in [3.8, 4) is 17.6 Å². The van der Waals surface area contributed by atoms with Crippen molar-refractivity contribution in [2.75, 3.05) is 38.8 Å². The van der Waals surface area contributed by atoms with Gasteiger partial charge in [-0.2, -0.15) is 5.26 Å². The summed E-state index contributed by atoms with van der Waals surface area (Å²) in [5, 5.41) is 9.85. The quantitative estimate of drug-likeness (QED) is 0.227. The molecule has 1 amide bonds. The van der Waals surface area contributed by atoms with Crippen LogP contribution in [0.1, 0.15) is 40.7 Å². The zero-order valence-electron chi connectivity index (χ0n) is 25.5. The van der Waals surface area contributed by atoms with E-state index in [1.165, 1.54) is 17.3 Å². The second kappa shape index (κ2) is 13.7. The summed E-state index contributed by atoms with van der Waals surface area (Å²) in [5.74, 6) is 2.38. The van der Waals surface area contributed by atoms with Crippen molar-refractivity contribution < 1.29 is 14.3 Å². The highest BCUT2D eigenvalue weighted by Crippen LogP contribution is 2.37. The molecule has 0 saturated carbocycles. The Balaban J connectivity index is 1.39. The highest BCUT2D eigenvalue weighted by Gasteiger charge is 2.33. The van der Waals surface area contributed by atoms with E-state index in [0.29, 0.717) is 50.7 Å². The van der Waals surface area contributed by atoms with Gasteiger partial charge < -0.3 is 14.4 Å². The molecular weight excluding hydrogens is 593 g/mol. The van der Waals surface area contributed by atoms with Crippen LogP contribution in [0.15, 0.2) is 58.2 Å². The molecule has 5 rings (SSSR count). The number of thiocarbonyl (C=S) groups is 1. The number of nitrogens with zero attached hydrogens (tertiary/aromatic N) is 4. The molecule has 0 spiro atoms. The smallest absolute Gasteiger partial charge is 0.270 e. The average molecular weight is 629 g/mol. The Labute approximate surface area is 267 Å². The van der Waals surface area contributed by atoms with E-state index >= 15 is 0 Å². The number of anilines is 1. The Morgan fingerprint density at radius 2 is 1.75 bits per heavy atom. The van der Waals surface area contributed by atoms with Crippen LogP contribution in [0.2, 0.25) is 0 Å². The number of amides is 1. The lowest BCUT2D eigenvalue weighted by molar-refractivity contribution is -0.122. The fourth-order valence-corrected chi connectivity index (χ4v) is 7.28. The molecule has 2 aliphatic rings. The second-order valence-electron chi connectivity index (χ2n) is 11.1. The molecule has 8 nitrogen and oxygen atoms in total. The number of piperidine rings is 1. The summed E-state index contributed by atoms with van der Waals surface area (Å²) in [6, 6.07) is 18.3. The fraction of sp³-hybridized carbons (Fsp3) is 0.353. The van der Waals surface area contributed by atoms with E-state index < -0.39 is 0 Å². The number of hydrogen-bond acceptors (Lipinski definition) is 8. The van der Waals surface area contributed by atoms with E-state index in [-0.39, 0.29) is 17.0 Å². The molecule has 0 aliphatic carbocycles. The Bertz CT molecular complexity index is 1700. The molecule has 0 radical (unpaired) electrons. The van der Waals surface area contributed by atoms with Crippen LogP contribution in [-0.4, -0.2) is 53.5 Å². The summed E-state index contributed by atoms with van der Waals surface area (Å²) < 4.78 is 12.8. The predicted molar refractivity (Wildman–Crippen MR) is 179 cm³/mol. The van der Waals surface area contributed by atoms with Gasteiger partial charge in [0, 0.05) is 32.2 Å². The van der Waals surface area contributed by atoms with Crippen molar-refractivity contribution in [1.82, 2.24) is 9.47 Å². The normalized spacial score (nSPS) is 16.5. The van der Waals surface area contributed by atoms with Crippen LogP contribution in [-0.2, 0) is 24.7 Å². The Morgan fingerprint density at radius 1 is 1.05 bits per heavy atom. The van der Waals surface area contributed by atoms with E-state index in [1.807, 2.05) is 30.3 Å². The molecule has 10 heteroatoms. The summed E-state index contributed by atoms with van der Waals surface area (Å²) >= 11 is 6.88. The molecule has 0 unspecified atom stereocenters. The molecular formula is C34H36N4O4S2. The number of rotatable bonds is 9. The van der Waals surface area contributed by atoms with Crippen LogP contribution in [0, 0.1) is 24.2 Å². The van der Waals surface area contributed by atoms with Gasteiger partial charge in [0.25, 0.3) is 11.5 Å². The number of benzene rings is 2. The van der Waals surface area contributed by atoms with Crippen molar-refractivity contribution in [2.45, 2.75) is 32.6 Å². The summed E-state index contributed by atoms with van der Waals surface area (Å²) in [5.41, 5.74) is 3.38. The molecule has 1 aromatic heterocycles. The van der Waals surface area contributed by atoms with Gasteiger partial charge in [-0.1, -0.05) is 60.4 Å². The zero-order valence-corrected chi connectivity index (χ0v) is 27.1. The van der Waals surface area contributed by atoms with Crippen LogP contribution in [0.3, 0.4) is 0 Å². The van der Waals surface area contributed by atoms with Gasteiger partial charge in [0.1, 0.15) is 21.8 Å². The van der Waals surface area contributed by atoms with Crippen LogP contribution >= 0.6 is 24.0 Å². The minimum Gasteiger partial charge on any atom is -0.493 e. The van der Waals surface area contributed by atoms with Gasteiger partial charge in [-0.3, -0.25) is 19.1 Å². The number of carbonyl (C=O) groups excluding carboxylic acids is 1. The molecule has 0 atom stereocenters. The number of ether oxygens (including phenoxy) is 2. The minimum absolute atomic E-state index is 0.0883. The van der Waals surface area contributed by atoms with E-state index in [1.54, 1.807) is 37.7 Å². The lowest BCUT2D eigenvalue weighted by Gasteiger charge is -2.36. The number of thioether (sulfide) groups is 1. The molecule has 0 N–H and O–H groups in total. The molecule has 3 heterocycles. The van der Waals surface area contributed by atoms with Gasteiger partial charge in [0.15, 0.2) is 11.5 Å². The second-order valence-corrected chi connectivity index (χ2v) is 12.8. The first-order chi connectivity index (χ1) is 21.2. The summed E-state index contributed by atoms with van der Waals surface area (Å²) in [4.78, 5) is 31.2. The predicted octanol–water partition coefficient (Wildman–Crippen LogP) is 5.49. The topological polar surface area (TPSA) is 87.8 Å². The molecule has 3 aromatic rings. The summed E-state index contributed by atoms with van der Waals surface area (Å²) in [6.07, 6.45) is 5.40. The average Bonchev–Trinajstić information content (AvgIpc) is 3.31. The molecule has 228 valence electrons.